The second-order valence-electron chi connectivity index (χ2n) is 5.90. The Morgan fingerprint density at radius 1 is 1.28 bits per heavy atom. The van der Waals surface area contributed by atoms with Gasteiger partial charge in [-0.1, -0.05) is 32.9 Å². The molecule has 1 aromatic carbocycles. The Balaban J connectivity index is 1.84. The molecule has 0 heterocycles. The van der Waals surface area contributed by atoms with Crippen molar-refractivity contribution in [1.29, 1.82) is 0 Å². The molecule has 0 unspecified atom stereocenters. The van der Waals surface area contributed by atoms with Crippen molar-refractivity contribution in [1.82, 2.24) is 5.32 Å². The third-order valence-electron chi connectivity index (χ3n) is 3.03. The van der Waals surface area contributed by atoms with E-state index in [1.807, 2.05) is 24.3 Å². The Kier molecular flexibility index (Phi) is 3.60. The van der Waals surface area contributed by atoms with Crippen LogP contribution in [-0.2, 0) is 10.2 Å². The first-order chi connectivity index (χ1) is 8.45. The van der Waals surface area contributed by atoms with Crippen LogP contribution in [0.15, 0.2) is 24.3 Å². The van der Waals surface area contributed by atoms with Crippen molar-refractivity contribution in [2.24, 2.45) is 0 Å². The molecule has 0 bridgehead atoms. The van der Waals surface area contributed by atoms with Gasteiger partial charge in [-0.3, -0.25) is 4.79 Å². The van der Waals surface area contributed by atoms with Crippen LogP contribution in [0.1, 0.15) is 39.2 Å². The van der Waals surface area contributed by atoms with Crippen molar-refractivity contribution in [2.75, 3.05) is 6.61 Å². The first kappa shape index (κ1) is 12.9. The number of ether oxygens (including phenoxy) is 1. The van der Waals surface area contributed by atoms with E-state index in [9.17, 15) is 4.79 Å². The first-order valence-corrected chi connectivity index (χ1v) is 6.48. The van der Waals surface area contributed by atoms with Gasteiger partial charge in [0.25, 0.3) is 5.91 Å². The van der Waals surface area contributed by atoms with Crippen LogP contribution in [0.3, 0.4) is 0 Å². The standard InChI is InChI=1S/C15H21NO2/c1-15(2,3)11-4-8-13(9-5-11)18-10-14(17)16-12-6-7-12/h4-5,8-9,12H,6-7,10H2,1-3H3,(H,16,17). The van der Waals surface area contributed by atoms with Gasteiger partial charge in [-0.05, 0) is 36.0 Å². The van der Waals surface area contributed by atoms with Crippen molar-refractivity contribution in [3.63, 3.8) is 0 Å². The normalized spacial score (nSPS) is 15.3. The summed E-state index contributed by atoms with van der Waals surface area (Å²) >= 11 is 0. The van der Waals surface area contributed by atoms with E-state index in [1.165, 1.54) is 5.56 Å². The monoisotopic (exact) mass is 247 g/mol. The molecule has 0 atom stereocenters. The molecule has 1 saturated carbocycles. The predicted molar refractivity (Wildman–Crippen MR) is 71.8 cm³/mol. The molecule has 1 aliphatic carbocycles. The van der Waals surface area contributed by atoms with Gasteiger partial charge in [0, 0.05) is 6.04 Å². The molecule has 18 heavy (non-hydrogen) atoms. The van der Waals surface area contributed by atoms with Gasteiger partial charge in [-0.25, -0.2) is 0 Å². The maximum atomic E-state index is 11.5. The molecule has 0 aromatic heterocycles. The summed E-state index contributed by atoms with van der Waals surface area (Å²) < 4.78 is 5.45. The summed E-state index contributed by atoms with van der Waals surface area (Å²) in [6, 6.07) is 8.34. The molecule has 0 spiro atoms. The number of benzene rings is 1. The zero-order valence-corrected chi connectivity index (χ0v) is 11.3. The highest BCUT2D eigenvalue weighted by Gasteiger charge is 2.23. The van der Waals surface area contributed by atoms with E-state index in [4.69, 9.17) is 4.74 Å². The molecule has 3 nitrogen and oxygen atoms in total. The largest absolute Gasteiger partial charge is 0.484 e. The van der Waals surface area contributed by atoms with Crippen LogP contribution in [-0.4, -0.2) is 18.6 Å². The second-order valence-corrected chi connectivity index (χ2v) is 5.90. The van der Waals surface area contributed by atoms with Crippen LogP contribution in [0, 0.1) is 0 Å². The fourth-order valence-electron chi connectivity index (χ4n) is 1.70. The van der Waals surface area contributed by atoms with Gasteiger partial charge in [0.2, 0.25) is 0 Å². The lowest BCUT2D eigenvalue weighted by molar-refractivity contribution is -0.123. The lowest BCUT2D eigenvalue weighted by Crippen LogP contribution is -2.30. The molecule has 98 valence electrons. The van der Waals surface area contributed by atoms with Gasteiger partial charge in [-0.2, -0.15) is 0 Å². The summed E-state index contributed by atoms with van der Waals surface area (Å²) in [5, 5.41) is 2.90. The molecule has 1 fully saturated rings. The van der Waals surface area contributed by atoms with Crippen molar-refractivity contribution in [2.45, 2.75) is 45.1 Å². The van der Waals surface area contributed by atoms with E-state index >= 15 is 0 Å². The minimum absolute atomic E-state index is 0.0302. The van der Waals surface area contributed by atoms with Gasteiger partial charge < -0.3 is 10.1 Å². The topological polar surface area (TPSA) is 38.3 Å². The van der Waals surface area contributed by atoms with Gasteiger partial charge in [0.1, 0.15) is 5.75 Å². The number of amides is 1. The van der Waals surface area contributed by atoms with Crippen LogP contribution < -0.4 is 10.1 Å². The van der Waals surface area contributed by atoms with Gasteiger partial charge in [0.05, 0.1) is 0 Å². The summed E-state index contributed by atoms with van der Waals surface area (Å²) in [5.41, 5.74) is 1.40. The van der Waals surface area contributed by atoms with E-state index in [0.717, 1.165) is 18.6 Å². The molecular weight excluding hydrogens is 226 g/mol. The first-order valence-electron chi connectivity index (χ1n) is 6.48. The van der Waals surface area contributed by atoms with E-state index in [-0.39, 0.29) is 17.9 Å². The molecular formula is C15H21NO2. The van der Waals surface area contributed by atoms with Gasteiger partial charge in [-0.15, -0.1) is 0 Å². The number of carbonyl (C=O) groups excluding carboxylic acids is 1. The number of hydrogen-bond donors (Lipinski definition) is 1. The van der Waals surface area contributed by atoms with Crippen molar-refractivity contribution < 1.29 is 9.53 Å². The Morgan fingerprint density at radius 2 is 1.89 bits per heavy atom. The summed E-state index contributed by atoms with van der Waals surface area (Å²) in [4.78, 5) is 11.5. The number of rotatable bonds is 4. The molecule has 0 saturated heterocycles. The minimum Gasteiger partial charge on any atom is -0.484 e. The molecule has 0 radical (unpaired) electrons. The van der Waals surface area contributed by atoms with Crippen LogP contribution in [0.4, 0.5) is 0 Å². The molecule has 1 N–H and O–H groups in total. The lowest BCUT2D eigenvalue weighted by atomic mass is 9.87. The van der Waals surface area contributed by atoms with Crippen LogP contribution in [0.5, 0.6) is 5.75 Å². The Hall–Kier alpha value is -1.51. The molecule has 2 rings (SSSR count). The number of carbonyl (C=O) groups is 1. The van der Waals surface area contributed by atoms with Gasteiger partial charge in [0.15, 0.2) is 6.61 Å². The highest BCUT2D eigenvalue weighted by Crippen LogP contribution is 2.24. The van der Waals surface area contributed by atoms with Crippen molar-refractivity contribution in [3.8, 4) is 5.75 Å². The highest BCUT2D eigenvalue weighted by molar-refractivity contribution is 5.78. The summed E-state index contributed by atoms with van der Waals surface area (Å²) in [5.74, 6) is 0.714. The minimum atomic E-state index is -0.0302. The van der Waals surface area contributed by atoms with E-state index in [0.29, 0.717) is 6.04 Å². The quantitative estimate of drug-likeness (QED) is 0.888. The van der Waals surface area contributed by atoms with E-state index < -0.39 is 0 Å². The maximum Gasteiger partial charge on any atom is 0.258 e. The molecule has 1 aliphatic rings. The Bertz CT molecular complexity index is 413. The molecule has 1 amide bonds. The second kappa shape index (κ2) is 5.01. The summed E-state index contributed by atoms with van der Waals surface area (Å²) in [7, 11) is 0. The fourth-order valence-corrected chi connectivity index (χ4v) is 1.70. The zero-order chi connectivity index (χ0) is 13.2. The molecule has 0 aliphatic heterocycles. The van der Waals surface area contributed by atoms with Crippen molar-refractivity contribution in [3.05, 3.63) is 29.8 Å². The fraction of sp³-hybridized carbons (Fsp3) is 0.533. The zero-order valence-electron chi connectivity index (χ0n) is 11.3. The third-order valence-corrected chi connectivity index (χ3v) is 3.03. The Labute approximate surface area is 109 Å². The predicted octanol–water partition coefficient (Wildman–Crippen LogP) is 2.64. The maximum absolute atomic E-state index is 11.5. The Morgan fingerprint density at radius 3 is 2.39 bits per heavy atom. The number of hydrogen-bond acceptors (Lipinski definition) is 2. The SMILES string of the molecule is CC(C)(C)c1ccc(OCC(=O)NC2CC2)cc1. The van der Waals surface area contributed by atoms with Crippen LogP contribution >= 0.6 is 0 Å². The highest BCUT2D eigenvalue weighted by atomic mass is 16.5. The van der Waals surface area contributed by atoms with Crippen LogP contribution in [0.25, 0.3) is 0 Å². The average Bonchev–Trinajstić information content (AvgIpc) is 3.10. The molecule has 3 heteroatoms. The average molecular weight is 247 g/mol. The number of nitrogens with one attached hydrogen (secondary N) is 1. The smallest absolute Gasteiger partial charge is 0.258 e. The lowest BCUT2D eigenvalue weighted by Gasteiger charge is -2.19. The van der Waals surface area contributed by atoms with Crippen molar-refractivity contribution >= 4 is 5.91 Å². The molecule has 1 aromatic rings. The summed E-state index contributed by atoms with van der Waals surface area (Å²) in [6.45, 7) is 6.62. The third kappa shape index (κ3) is 3.76. The summed E-state index contributed by atoms with van der Waals surface area (Å²) in [6.07, 6.45) is 2.21. The van der Waals surface area contributed by atoms with E-state index in [2.05, 4.69) is 26.1 Å². The van der Waals surface area contributed by atoms with Crippen LogP contribution in [0.2, 0.25) is 0 Å². The van der Waals surface area contributed by atoms with E-state index in [1.54, 1.807) is 0 Å². The van der Waals surface area contributed by atoms with Gasteiger partial charge >= 0.3 is 0 Å².